The molecule has 0 spiro atoms. The van der Waals surface area contributed by atoms with E-state index in [0.29, 0.717) is 45.0 Å². The van der Waals surface area contributed by atoms with Gasteiger partial charge in [0.2, 0.25) is 5.91 Å². The molecule has 138 valence electrons. The summed E-state index contributed by atoms with van der Waals surface area (Å²) in [6.07, 6.45) is 1.66. The van der Waals surface area contributed by atoms with Gasteiger partial charge in [-0.3, -0.25) is 14.5 Å². The van der Waals surface area contributed by atoms with Crippen LogP contribution in [0.2, 0.25) is 0 Å². The van der Waals surface area contributed by atoms with Gasteiger partial charge in [0.15, 0.2) is 0 Å². The van der Waals surface area contributed by atoms with Gasteiger partial charge in [-0.2, -0.15) is 0 Å². The van der Waals surface area contributed by atoms with Crippen molar-refractivity contribution < 1.29 is 14.3 Å². The predicted molar refractivity (Wildman–Crippen MR) is 100 cm³/mol. The largest absolute Gasteiger partial charge is 0.497 e. The van der Waals surface area contributed by atoms with Crippen LogP contribution in [0.3, 0.4) is 0 Å². The Morgan fingerprint density at radius 2 is 2.04 bits per heavy atom. The molecule has 1 fully saturated rings. The number of benzene rings is 1. The molecular weight excluding hydrogens is 332 g/mol. The first-order chi connectivity index (χ1) is 12.6. The van der Waals surface area contributed by atoms with Crippen LogP contribution in [0.1, 0.15) is 10.5 Å². The number of ether oxygens (including phenoxy) is 1. The molecule has 2 amide bonds. The molecule has 0 aliphatic carbocycles. The molecule has 1 aliphatic heterocycles. The molecule has 0 unspecified atom stereocenters. The van der Waals surface area contributed by atoms with Gasteiger partial charge in [-0.25, -0.2) is 0 Å². The number of carbonyl (C=O) groups excluding carboxylic acids is 2. The number of carbonyl (C=O) groups is 2. The third-order valence-corrected chi connectivity index (χ3v) is 4.53. The zero-order valence-corrected chi connectivity index (χ0v) is 15.0. The summed E-state index contributed by atoms with van der Waals surface area (Å²) in [4.78, 5) is 31.6. The highest BCUT2D eigenvalue weighted by atomic mass is 16.5. The topological polar surface area (TPSA) is 77.7 Å². The highest BCUT2D eigenvalue weighted by molar-refractivity contribution is 5.98. The molecule has 1 aliphatic rings. The van der Waals surface area contributed by atoms with Crippen LogP contribution in [0.15, 0.2) is 36.9 Å². The van der Waals surface area contributed by atoms with Crippen molar-refractivity contribution in [2.75, 3.05) is 46.4 Å². The number of hydrogen-bond donors (Lipinski definition) is 2. The predicted octanol–water partition coefficient (Wildman–Crippen LogP) is 1.24. The van der Waals surface area contributed by atoms with E-state index in [9.17, 15) is 9.59 Å². The summed E-state index contributed by atoms with van der Waals surface area (Å²) in [5, 5.41) is 3.75. The van der Waals surface area contributed by atoms with Gasteiger partial charge < -0.3 is 19.9 Å². The fourth-order valence-corrected chi connectivity index (χ4v) is 3.07. The number of rotatable bonds is 6. The molecular formula is C19H24N4O3. The Morgan fingerprint density at radius 3 is 2.73 bits per heavy atom. The standard InChI is InChI=1S/C19H24N4O3/c1-3-6-20-18(24)13-22-7-9-23(10-8-22)19(25)17-11-14-4-5-15(26-2)12-16(14)21-17/h3-5,11-12,21H,1,6-10,13H2,2H3,(H,20,24). The normalized spacial score (nSPS) is 15.0. The second-order valence-corrected chi connectivity index (χ2v) is 6.30. The van der Waals surface area contributed by atoms with Crippen LogP contribution in [0.5, 0.6) is 5.75 Å². The van der Waals surface area contributed by atoms with Gasteiger partial charge in [0, 0.05) is 49.7 Å². The zero-order valence-electron chi connectivity index (χ0n) is 15.0. The van der Waals surface area contributed by atoms with E-state index in [0.717, 1.165) is 16.7 Å². The van der Waals surface area contributed by atoms with Crippen LogP contribution in [0, 0.1) is 0 Å². The Hall–Kier alpha value is -2.80. The quantitative estimate of drug-likeness (QED) is 0.764. The minimum atomic E-state index is -0.0192. The number of piperazine rings is 1. The van der Waals surface area contributed by atoms with Gasteiger partial charge in [0.05, 0.1) is 13.7 Å². The molecule has 1 aromatic carbocycles. The monoisotopic (exact) mass is 356 g/mol. The molecule has 0 radical (unpaired) electrons. The Morgan fingerprint density at radius 1 is 1.27 bits per heavy atom. The van der Waals surface area contributed by atoms with Gasteiger partial charge in [0.25, 0.3) is 5.91 Å². The van der Waals surface area contributed by atoms with Crippen molar-refractivity contribution in [2.45, 2.75) is 0 Å². The Labute approximate surface area is 152 Å². The van der Waals surface area contributed by atoms with Gasteiger partial charge >= 0.3 is 0 Å². The number of hydrogen-bond acceptors (Lipinski definition) is 4. The van der Waals surface area contributed by atoms with E-state index in [4.69, 9.17) is 4.74 Å². The van der Waals surface area contributed by atoms with E-state index in [1.165, 1.54) is 0 Å². The van der Waals surface area contributed by atoms with Crippen molar-refractivity contribution in [1.29, 1.82) is 0 Å². The summed E-state index contributed by atoms with van der Waals surface area (Å²) < 4.78 is 5.22. The molecule has 2 heterocycles. The number of fused-ring (bicyclic) bond motifs is 1. The number of methoxy groups -OCH3 is 1. The lowest BCUT2D eigenvalue weighted by Gasteiger charge is -2.34. The highest BCUT2D eigenvalue weighted by Gasteiger charge is 2.24. The second kappa shape index (κ2) is 8.05. The van der Waals surface area contributed by atoms with E-state index in [-0.39, 0.29) is 11.8 Å². The van der Waals surface area contributed by atoms with Crippen LogP contribution in [0.25, 0.3) is 10.9 Å². The van der Waals surface area contributed by atoms with Crippen molar-refractivity contribution in [3.05, 3.63) is 42.6 Å². The molecule has 26 heavy (non-hydrogen) atoms. The first-order valence-electron chi connectivity index (χ1n) is 8.66. The third kappa shape index (κ3) is 4.05. The lowest BCUT2D eigenvalue weighted by molar-refractivity contribution is -0.122. The van der Waals surface area contributed by atoms with Crippen LogP contribution in [-0.2, 0) is 4.79 Å². The molecule has 2 N–H and O–H groups in total. The minimum Gasteiger partial charge on any atom is -0.497 e. The number of aromatic amines is 1. The average molecular weight is 356 g/mol. The van der Waals surface area contributed by atoms with E-state index in [1.54, 1.807) is 13.2 Å². The molecule has 1 saturated heterocycles. The summed E-state index contributed by atoms with van der Waals surface area (Å²) in [6.45, 7) is 6.97. The number of H-pyrrole nitrogens is 1. The van der Waals surface area contributed by atoms with Gasteiger partial charge in [-0.1, -0.05) is 6.08 Å². The fourth-order valence-electron chi connectivity index (χ4n) is 3.07. The van der Waals surface area contributed by atoms with Crippen molar-refractivity contribution in [1.82, 2.24) is 20.1 Å². The molecule has 0 atom stereocenters. The third-order valence-electron chi connectivity index (χ3n) is 4.53. The summed E-state index contributed by atoms with van der Waals surface area (Å²) >= 11 is 0. The number of amides is 2. The zero-order chi connectivity index (χ0) is 18.5. The lowest BCUT2D eigenvalue weighted by Crippen LogP contribution is -2.51. The van der Waals surface area contributed by atoms with Crippen LogP contribution >= 0.6 is 0 Å². The van der Waals surface area contributed by atoms with Crippen molar-refractivity contribution in [2.24, 2.45) is 0 Å². The van der Waals surface area contributed by atoms with E-state index >= 15 is 0 Å². The maximum Gasteiger partial charge on any atom is 0.270 e. The van der Waals surface area contributed by atoms with Gasteiger partial charge in [0.1, 0.15) is 11.4 Å². The molecule has 1 aromatic heterocycles. The summed E-state index contributed by atoms with van der Waals surface area (Å²) in [5.41, 5.74) is 1.45. The van der Waals surface area contributed by atoms with Crippen molar-refractivity contribution >= 4 is 22.7 Å². The maximum absolute atomic E-state index is 12.7. The Balaban J connectivity index is 1.58. The van der Waals surface area contributed by atoms with Crippen molar-refractivity contribution in [3.8, 4) is 5.75 Å². The summed E-state index contributed by atoms with van der Waals surface area (Å²) in [6, 6.07) is 7.56. The molecule has 0 bridgehead atoms. The molecule has 0 saturated carbocycles. The van der Waals surface area contributed by atoms with Crippen molar-refractivity contribution in [3.63, 3.8) is 0 Å². The summed E-state index contributed by atoms with van der Waals surface area (Å²) in [7, 11) is 1.62. The second-order valence-electron chi connectivity index (χ2n) is 6.30. The minimum absolute atomic E-state index is 0.0177. The van der Waals surface area contributed by atoms with Gasteiger partial charge in [-0.15, -0.1) is 6.58 Å². The van der Waals surface area contributed by atoms with Crippen LogP contribution in [-0.4, -0.2) is 73.0 Å². The van der Waals surface area contributed by atoms with Crippen LogP contribution in [0.4, 0.5) is 0 Å². The van der Waals surface area contributed by atoms with Crippen LogP contribution < -0.4 is 10.1 Å². The summed E-state index contributed by atoms with van der Waals surface area (Å²) in [5.74, 6) is 0.715. The van der Waals surface area contributed by atoms with E-state index in [1.807, 2.05) is 29.2 Å². The fraction of sp³-hybridized carbons (Fsp3) is 0.368. The molecule has 3 rings (SSSR count). The smallest absolute Gasteiger partial charge is 0.270 e. The highest BCUT2D eigenvalue weighted by Crippen LogP contribution is 2.22. The first-order valence-corrected chi connectivity index (χ1v) is 8.66. The SMILES string of the molecule is C=CCNC(=O)CN1CCN(C(=O)c2cc3ccc(OC)cc3[nH]2)CC1. The first kappa shape index (κ1) is 18.0. The molecule has 2 aromatic rings. The maximum atomic E-state index is 12.7. The Kier molecular flexibility index (Phi) is 5.58. The molecule has 7 nitrogen and oxygen atoms in total. The Bertz CT molecular complexity index is 806. The molecule has 7 heteroatoms. The van der Waals surface area contributed by atoms with E-state index in [2.05, 4.69) is 21.8 Å². The lowest BCUT2D eigenvalue weighted by atomic mass is 10.2. The average Bonchev–Trinajstić information content (AvgIpc) is 3.09. The number of aromatic nitrogens is 1. The van der Waals surface area contributed by atoms with E-state index < -0.39 is 0 Å². The van der Waals surface area contributed by atoms with Gasteiger partial charge in [-0.05, 0) is 18.2 Å². The number of nitrogens with zero attached hydrogens (tertiary/aromatic N) is 2. The number of nitrogens with one attached hydrogen (secondary N) is 2.